The molecule has 0 radical (unpaired) electrons. The van der Waals surface area contributed by atoms with Gasteiger partial charge in [-0.05, 0) is 45.5 Å². The monoisotopic (exact) mass is 414 g/mol. The van der Waals surface area contributed by atoms with E-state index in [0.29, 0.717) is 17.0 Å². The Balaban J connectivity index is 1.88. The van der Waals surface area contributed by atoms with Crippen LogP contribution in [-0.2, 0) is 12.3 Å². The highest BCUT2D eigenvalue weighted by molar-refractivity contribution is 7.98. The molecule has 156 valence electrons. The molecular weight excluding hydrogens is 384 g/mol. The number of nitrogens with one attached hydrogen (secondary N) is 1. The summed E-state index contributed by atoms with van der Waals surface area (Å²) in [4.78, 5) is 22.2. The first-order valence-corrected chi connectivity index (χ1v) is 11.2. The lowest BCUT2D eigenvalue weighted by Crippen LogP contribution is -2.23. The van der Waals surface area contributed by atoms with Crippen molar-refractivity contribution >= 4 is 22.7 Å². The first-order valence-electron chi connectivity index (χ1n) is 10.2. The lowest BCUT2D eigenvalue weighted by atomic mass is 10.1. The van der Waals surface area contributed by atoms with E-state index in [9.17, 15) is 4.79 Å². The third-order valence-electron chi connectivity index (χ3n) is 5.11. The van der Waals surface area contributed by atoms with Crippen LogP contribution in [0.3, 0.4) is 0 Å². The van der Waals surface area contributed by atoms with Crippen molar-refractivity contribution in [3.05, 3.63) is 45.8 Å². The summed E-state index contributed by atoms with van der Waals surface area (Å²) in [7, 11) is 4.15. The second-order valence-corrected chi connectivity index (χ2v) is 8.45. The molecule has 7 nitrogen and oxygen atoms in total. The Hall–Kier alpha value is -2.19. The van der Waals surface area contributed by atoms with Gasteiger partial charge in [-0.15, -0.1) is 10.2 Å². The van der Waals surface area contributed by atoms with Crippen molar-refractivity contribution in [3.8, 4) is 0 Å². The molecule has 29 heavy (non-hydrogen) atoms. The third kappa shape index (κ3) is 4.70. The minimum atomic E-state index is -0.0962. The number of benzene rings is 1. The van der Waals surface area contributed by atoms with Gasteiger partial charge in [0.1, 0.15) is 5.82 Å². The van der Waals surface area contributed by atoms with Crippen LogP contribution in [0.25, 0.3) is 10.9 Å². The Morgan fingerprint density at radius 3 is 2.72 bits per heavy atom. The molecule has 3 aromatic rings. The van der Waals surface area contributed by atoms with E-state index in [1.165, 1.54) is 0 Å². The van der Waals surface area contributed by atoms with Gasteiger partial charge in [0.05, 0.1) is 22.7 Å². The maximum absolute atomic E-state index is 12.4. The van der Waals surface area contributed by atoms with Crippen LogP contribution in [0, 0.1) is 6.92 Å². The molecule has 2 heterocycles. The quantitative estimate of drug-likeness (QED) is 0.535. The van der Waals surface area contributed by atoms with E-state index in [1.54, 1.807) is 11.8 Å². The molecule has 1 atom stereocenters. The Morgan fingerprint density at radius 1 is 1.24 bits per heavy atom. The summed E-state index contributed by atoms with van der Waals surface area (Å²) in [5, 5.41) is 10.5. The van der Waals surface area contributed by atoms with Gasteiger partial charge in [0.2, 0.25) is 0 Å². The number of aryl methyl sites for hydroxylation is 1. The minimum absolute atomic E-state index is 0.0962. The van der Waals surface area contributed by atoms with Crippen LogP contribution in [0.1, 0.15) is 56.4 Å². The van der Waals surface area contributed by atoms with E-state index in [-0.39, 0.29) is 11.6 Å². The van der Waals surface area contributed by atoms with Gasteiger partial charge in [-0.25, -0.2) is 4.98 Å². The Bertz CT molecular complexity index is 1030. The van der Waals surface area contributed by atoms with Gasteiger partial charge in [-0.2, -0.15) is 0 Å². The van der Waals surface area contributed by atoms with Crippen molar-refractivity contribution in [1.82, 2.24) is 29.6 Å². The fraction of sp³-hybridized carbons (Fsp3) is 0.524. The summed E-state index contributed by atoms with van der Waals surface area (Å²) in [6, 6.07) is 5.90. The van der Waals surface area contributed by atoms with Crippen molar-refractivity contribution in [2.24, 2.45) is 0 Å². The highest BCUT2D eigenvalue weighted by Crippen LogP contribution is 2.27. The SMILES string of the molecule is CCCCn1c(SCc2nc3c(C)cccc3c(=O)[nH]2)nnc1C(CC)N(C)C. The zero-order valence-corrected chi connectivity index (χ0v) is 18.7. The fourth-order valence-corrected chi connectivity index (χ4v) is 4.35. The molecule has 8 heteroatoms. The zero-order chi connectivity index (χ0) is 21.0. The standard InChI is InChI=1S/C21H30N6OS/c1-6-8-12-27-19(16(7-2)26(4)5)24-25-21(27)29-13-17-22-18-14(3)10-9-11-15(18)20(28)23-17/h9-11,16H,6-8,12-13H2,1-5H3,(H,22,23,28). The van der Waals surface area contributed by atoms with Crippen LogP contribution >= 0.6 is 11.8 Å². The Morgan fingerprint density at radius 2 is 2.03 bits per heavy atom. The molecule has 0 amide bonds. The second kappa shape index (κ2) is 9.54. The van der Waals surface area contributed by atoms with Gasteiger partial charge >= 0.3 is 0 Å². The number of aromatic nitrogens is 5. The van der Waals surface area contributed by atoms with Crippen LogP contribution in [0.4, 0.5) is 0 Å². The number of rotatable bonds is 9. The van der Waals surface area contributed by atoms with Gasteiger partial charge in [0.15, 0.2) is 11.0 Å². The maximum Gasteiger partial charge on any atom is 0.258 e. The summed E-state index contributed by atoms with van der Waals surface area (Å²) in [5.74, 6) is 2.21. The van der Waals surface area contributed by atoms with E-state index >= 15 is 0 Å². The number of unbranched alkanes of at least 4 members (excludes halogenated alkanes) is 1. The van der Waals surface area contributed by atoms with E-state index in [0.717, 1.165) is 47.9 Å². The van der Waals surface area contributed by atoms with Crippen molar-refractivity contribution < 1.29 is 0 Å². The molecule has 0 aliphatic rings. The van der Waals surface area contributed by atoms with Crippen molar-refractivity contribution in [1.29, 1.82) is 0 Å². The van der Waals surface area contributed by atoms with Crippen molar-refractivity contribution in [3.63, 3.8) is 0 Å². The molecule has 1 N–H and O–H groups in total. The van der Waals surface area contributed by atoms with Crippen molar-refractivity contribution in [2.75, 3.05) is 14.1 Å². The summed E-state index contributed by atoms with van der Waals surface area (Å²) in [6.45, 7) is 7.23. The van der Waals surface area contributed by atoms with Crippen LogP contribution in [0.15, 0.2) is 28.2 Å². The average Bonchev–Trinajstić information content (AvgIpc) is 3.08. The summed E-state index contributed by atoms with van der Waals surface area (Å²) < 4.78 is 2.23. The molecule has 0 aliphatic carbocycles. The molecule has 3 rings (SSSR count). The minimum Gasteiger partial charge on any atom is -0.309 e. The zero-order valence-electron chi connectivity index (χ0n) is 17.9. The average molecular weight is 415 g/mol. The molecule has 1 unspecified atom stereocenters. The van der Waals surface area contributed by atoms with E-state index in [1.807, 2.05) is 25.1 Å². The Labute approximate surface area is 175 Å². The van der Waals surface area contributed by atoms with E-state index in [4.69, 9.17) is 0 Å². The van der Waals surface area contributed by atoms with Crippen LogP contribution in [0.5, 0.6) is 0 Å². The third-order valence-corrected chi connectivity index (χ3v) is 6.09. The molecule has 0 fully saturated rings. The molecule has 2 aromatic heterocycles. The number of nitrogens with zero attached hydrogens (tertiary/aromatic N) is 5. The first kappa shape index (κ1) is 21.5. The molecule has 0 aliphatic heterocycles. The van der Waals surface area contributed by atoms with E-state index in [2.05, 4.69) is 57.6 Å². The number of hydrogen-bond donors (Lipinski definition) is 1. The number of hydrogen-bond acceptors (Lipinski definition) is 6. The molecule has 0 saturated heterocycles. The summed E-state index contributed by atoms with van der Waals surface area (Å²) in [5.41, 5.74) is 1.67. The molecule has 0 spiro atoms. The lowest BCUT2D eigenvalue weighted by Gasteiger charge is -2.23. The number of H-pyrrole nitrogens is 1. The molecule has 0 bridgehead atoms. The molecular formula is C21H30N6OS. The van der Waals surface area contributed by atoms with Crippen LogP contribution in [-0.4, -0.2) is 43.7 Å². The number of thioether (sulfide) groups is 1. The summed E-state index contributed by atoms with van der Waals surface area (Å²) in [6.07, 6.45) is 3.16. The number of para-hydroxylation sites is 1. The van der Waals surface area contributed by atoms with Crippen LogP contribution < -0.4 is 5.56 Å². The van der Waals surface area contributed by atoms with Crippen molar-refractivity contribution in [2.45, 2.75) is 63.5 Å². The largest absolute Gasteiger partial charge is 0.309 e. The molecule has 1 aromatic carbocycles. The lowest BCUT2D eigenvalue weighted by molar-refractivity contribution is 0.270. The van der Waals surface area contributed by atoms with Crippen LogP contribution in [0.2, 0.25) is 0 Å². The number of fused-ring (bicyclic) bond motifs is 1. The number of aromatic amines is 1. The normalized spacial score (nSPS) is 12.8. The van der Waals surface area contributed by atoms with E-state index < -0.39 is 0 Å². The highest BCUT2D eigenvalue weighted by Gasteiger charge is 2.22. The topological polar surface area (TPSA) is 79.7 Å². The predicted octanol–water partition coefficient (Wildman–Crippen LogP) is 3.93. The van der Waals surface area contributed by atoms with Gasteiger partial charge in [0, 0.05) is 6.54 Å². The first-order chi connectivity index (χ1) is 14.0. The van der Waals surface area contributed by atoms with Gasteiger partial charge < -0.3 is 9.55 Å². The highest BCUT2D eigenvalue weighted by atomic mass is 32.2. The van der Waals surface area contributed by atoms with Gasteiger partial charge in [-0.3, -0.25) is 9.69 Å². The predicted molar refractivity (Wildman–Crippen MR) is 118 cm³/mol. The van der Waals surface area contributed by atoms with Gasteiger partial charge in [-0.1, -0.05) is 44.2 Å². The smallest absolute Gasteiger partial charge is 0.258 e. The molecule has 0 saturated carbocycles. The van der Waals surface area contributed by atoms with Gasteiger partial charge in [0.25, 0.3) is 5.56 Å². The summed E-state index contributed by atoms with van der Waals surface area (Å²) >= 11 is 1.57. The Kier molecular flexibility index (Phi) is 7.08. The maximum atomic E-state index is 12.4. The fourth-order valence-electron chi connectivity index (χ4n) is 3.51. The second-order valence-electron chi connectivity index (χ2n) is 7.51.